The van der Waals surface area contributed by atoms with E-state index in [1.807, 2.05) is 19.1 Å². The summed E-state index contributed by atoms with van der Waals surface area (Å²) < 4.78 is 10.7. The maximum Gasteiger partial charge on any atom is 0.244 e. The van der Waals surface area contributed by atoms with E-state index in [1.54, 1.807) is 14.2 Å². The molecule has 0 aliphatic heterocycles. The standard InChI is InChI=1S/C14H20N2O3/c1-9-7-10(18-2)8-11(19-3)12(9)14(5-4-6-14)13(17)16-15/h7-8H,4-6,15H2,1-3H3,(H,16,17). The summed E-state index contributed by atoms with van der Waals surface area (Å²) in [5.74, 6) is 6.59. The minimum atomic E-state index is -0.559. The van der Waals surface area contributed by atoms with Crippen LogP contribution in [-0.4, -0.2) is 20.1 Å². The van der Waals surface area contributed by atoms with Crippen molar-refractivity contribution in [3.05, 3.63) is 23.3 Å². The van der Waals surface area contributed by atoms with Crippen molar-refractivity contribution in [2.75, 3.05) is 14.2 Å². The summed E-state index contributed by atoms with van der Waals surface area (Å²) in [5.41, 5.74) is 3.64. The molecule has 0 unspecified atom stereocenters. The Labute approximate surface area is 113 Å². The topological polar surface area (TPSA) is 73.6 Å². The van der Waals surface area contributed by atoms with Gasteiger partial charge in [-0.2, -0.15) is 0 Å². The van der Waals surface area contributed by atoms with Gasteiger partial charge in [0.1, 0.15) is 11.5 Å². The molecule has 0 bridgehead atoms. The molecule has 2 rings (SSSR count). The van der Waals surface area contributed by atoms with E-state index in [2.05, 4.69) is 5.43 Å². The first-order valence-corrected chi connectivity index (χ1v) is 6.33. The first-order chi connectivity index (χ1) is 9.08. The molecule has 1 saturated carbocycles. The molecule has 0 saturated heterocycles. The summed E-state index contributed by atoms with van der Waals surface area (Å²) in [5, 5.41) is 0. The zero-order valence-electron chi connectivity index (χ0n) is 11.6. The third-order valence-electron chi connectivity index (χ3n) is 3.98. The van der Waals surface area contributed by atoms with Crippen molar-refractivity contribution in [3.63, 3.8) is 0 Å². The average molecular weight is 264 g/mol. The number of nitrogens with one attached hydrogen (secondary N) is 1. The van der Waals surface area contributed by atoms with Crippen LogP contribution in [0.25, 0.3) is 0 Å². The summed E-state index contributed by atoms with van der Waals surface area (Å²) in [6, 6.07) is 3.73. The third-order valence-corrected chi connectivity index (χ3v) is 3.98. The van der Waals surface area contributed by atoms with Gasteiger partial charge in [0.2, 0.25) is 5.91 Å². The number of carbonyl (C=O) groups is 1. The van der Waals surface area contributed by atoms with Crippen molar-refractivity contribution in [2.24, 2.45) is 5.84 Å². The molecule has 0 heterocycles. The zero-order valence-corrected chi connectivity index (χ0v) is 11.6. The summed E-state index contributed by atoms with van der Waals surface area (Å²) in [4.78, 5) is 12.2. The fraction of sp³-hybridized carbons (Fsp3) is 0.500. The van der Waals surface area contributed by atoms with Gasteiger partial charge in [0.25, 0.3) is 0 Å². The van der Waals surface area contributed by atoms with E-state index >= 15 is 0 Å². The van der Waals surface area contributed by atoms with Crippen molar-refractivity contribution in [1.29, 1.82) is 0 Å². The van der Waals surface area contributed by atoms with Crippen LogP contribution in [0.4, 0.5) is 0 Å². The molecule has 0 radical (unpaired) electrons. The van der Waals surface area contributed by atoms with Crippen LogP contribution in [0.15, 0.2) is 12.1 Å². The molecule has 0 aromatic heterocycles. The van der Waals surface area contributed by atoms with E-state index in [0.717, 1.165) is 36.1 Å². The number of carbonyl (C=O) groups excluding carboxylic acids is 1. The number of amides is 1. The highest BCUT2D eigenvalue weighted by Gasteiger charge is 2.48. The van der Waals surface area contributed by atoms with E-state index < -0.39 is 5.41 Å². The molecule has 19 heavy (non-hydrogen) atoms. The lowest BCUT2D eigenvalue weighted by Crippen LogP contribution is -2.51. The number of benzene rings is 1. The molecule has 1 amide bonds. The molecule has 1 aromatic rings. The van der Waals surface area contributed by atoms with Crippen molar-refractivity contribution in [1.82, 2.24) is 5.43 Å². The van der Waals surface area contributed by atoms with Crippen LogP contribution in [0.2, 0.25) is 0 Å². The fourth-order valence-corrected chi connectivity index (χ4v) is 2.87. The predicted octanol–water partition coefficient (Wildman–Crippen LogP) is 1.42. The number of nitrogens with two attached hydrogens (primary N) is 1. The fourth-order valence-electron chi connectivity index (χ4n) is 2.87. The van der Waals surface area contributed by atoms with Gasteiger partial charge < -0.3 is 9.47 Å². The number of hydrogen-bond donors (Lipinski definition) is 2. The Morgan fingerprint density at radius 3 is 2.42 bits per heavy atom. The lowest BCUT2D eigenvalue weighted by Gasteiger charge is -2.41. The maximum atomic E-state index is 12.2. The molecular weight excluding hydrogens is 244 g/mol. The van der Waals surface area contributed by atoms with Gasteiger partial charge in [0.05, 0.1) is 19.6 Å². The van der Waals surface area contributed by atoms with Crippen LogP contribution in [0, 0.1) is 6.92 Å². The van der Waals surface area contributed by atoms with Crippen molar-refractivity contribution < 1.29 is 14.3 Å². The highest BCUT2D eigenvalue weighted by Crippen LogP contribution is 2.49. The number of aryl methyl sites for hydroxylation is 1. The van der Waals surface area contributed by atoms with Gasteiger partial charge >= 0.3 is 0 Å². The van der Waals surface area contributed by atoms with Crippen LogP contribution in [0.1, 0.15) is 30.4 Å². The highest BCUT2D eigenvalue weighted by molar-refractivity contribution is 5.90. The van der Waals surface area contributed by atoms with Gasteiger partial charge in [0.15, 0.2) is 0 Å². The number of hydrazine groups is 1. The number of hydrogen-bond acceptors (Lipinski definition) is 4. The second-order valence-corrected chi connectivity index (χ2v) is 4.93. The normalized spacial score (nSPS) is 16.4. The van der Waals surface area contributed by atoms with E-state index in [-0.39, 0.29) is 5.91 Å². The minimum Gasteiger partial charge on any atom is -0.497 e. The van der Waals surface area contributed by atoms with Gasteiger partial charge in [-0.25, -0.2) is 5.84 Å². The molecule has 0 spiro atoms. The quantitative estimate of drug-likeness (QED) is 0.490. The Morgan fingerprint density at radius 2 is 2.00 bits per heavy atom. The Bertz CT molecular complexity index is 496. The number of rotatable bonds is 4. The van der Waals surface area contributed by atoms with Crippen molar-refractivity contribution in [2.45, 2.75) is 31.6 Å². The first-order valence-electron chi connectivity index (χ1n) is 6.33. The van der Waals surface area contributed by atoms with Crippen LogP contribution >= 0.6 is 0 Å². The monoisotopic (exact) mass is 264 g/mol. The largest absolute Gasteiger partial charge is 0.497 e. The molecule has 104 valence electrons. The zero-order chi connectivity index (χ0) is 14.0. The van der Waals surface area contributed by atoms with E-state index in [9.17, 15) is 4.79 Å². The molecule has 1 aliphatic carbocycles. The summed E-state index contributed by atoms with van der Waals surface area (Å²) in [6.07, 6.45) is 2.60. The van der Waals surface area contributed by atoms with Gasteiger partial charge in [-0.15, -0.1) is 0 Å². The Kier molecular flexibility index (Phi) is 3.66. The van der Waals surface area contributed by atoms with Gasteiger partial charge in [-0.3, -0.25) is 10.2 Å². The Balaban J connectivity index is 2.57. The minimum absolute atomic E-state index is 0.148. The highest BCUT2D eigenvalue weighted by atomic mass is 16.5. The van der Waals surface area contributed by atoms with E-state index in [1.165, 1.54) is 0 Å². The predicted molar refractivity (Wildman–Crippen MR) is 72.1 cm³/mol. The smallest absolute Gasteiger partial charge is 0.244 e. The van der Waals surface area contributed by atoms with Crippen molar-refractivity contribution >= 4 is 5.91 Å². The lowest BCUT2D eigenvalue weighted by molar-refractivity contribution is -0.130. The SMILES string of the molecule is COc1cc(C)c(C2(C(=O)NN)CCC2)c(OC)c1. The number of ether oxygens (including phenoxy) is 2. The van der Waals surface area contributed by atoms with E-state index in [0.29, 0.717) is 5.75 Å². The molecule has 5 nitrogen and oxygen atoms in total. The summed E-state index contributed by atoms with van der Waals surface area (Å²) >= 11 is 0. The van der Waals surface area contributed by atoms with Crippen LogP contribution in [0.5, 0.6) is 11.5 Å². The average Bonchev–Trinajstić information content (AvgIpc) is 2.38. The van der Waals surface area contributed by atoms with Crippen LogP contribution < -0.4 is 20.7 Å². The third kappa shape index (κ3) is 2.04. The second-order valence-electron chi connectivity index (χ2n) is 4.93. The molecular formula is C14H20N2O3. The van der Waals surface area contributed by atoms with Crippen LogP contribution in [-0.2, 0) is 10.2 Å². The van der Waals surface area contributed by atoms with E-state index in [4.69, 9.17) is 15.3 Å². The van der Waals surface area contributed by atoms with Crippen molar-refractivity contribution in [3.8, 4) is 11.5 Å². The molecule has 1 aliphatic rings. The molecule has 5 heteroatoms. The molecule has 3 N–H and O–H groups in total. The molecule has 0 atom stereocenters. The van der Waals surface area contributed by atoms with Crippen LogP contribution in [0.3, 0.4) is 0 Å². The Hall–Kier alpha value is -1.75. The maximum absolute atomic E-state index is 12.2. The van der Waals surface area contributed by atoms with Gasteiger partial charge in [-0.1, -0.05) is 6.42 Å². The first kappa shape index (κ1) is 13.7. The summed E-state index contributed by atoms with van der Waals surface area (Å²) in [6.45, 7) is 1.96. The Morgan fingerprint density at radius 1 is 1.32 bits per heavy atom. The van der Waals surface area contributed by atoms with Gasteiger partial charge in [-0.05, 0) is 31.4 Å². The summed E-state index contributed by atoms with van der Waals surface area (Å²) in [7, 11) is 3.21. The second kappa shape index (κ2) is 5.09. The molecule has 1 fully saturated rings. The lowest BCUT2D eigenvalue weighted by atomic mass is 9.62. The van der Waals surface area contributed by atoms with Gasteiger partial charge in [0, 0.05) is 11.6 Å². The molecule has 1 aromatic carbocycles. The number of methoxy groups -OCH3 is 2.